The molecule has 3 heterocycles. The number of carbonyl (C=O) groups excluding carboxylic acids is 1. The summed E-state index contributed by atoms with van der Waals surface area (Å²) in [5.74, 6) is 0.0787. The zero-order valence-electron chi connectivity index (χ0n) is 18.7. The summed E-state index contributed by atoms with van der Waals surface area (Å²) in [5, 5.41) is 9.44. The average Bonchev–Trinajstić information content (AvgIpc) is 3.40. The number of piperidine rings is 1. The molecule has 1 amide bonds. The van der Waals surface area contributed by atoms with Crippen LogP contribution in [0.3, 0.4) is 0 Å². The van der Waals surface area contributed by atoms with E-state index in [1.807, 2.05) is 35.9 Å². The van der Waals surface area contributed by atoms with E-state index in [4.69, 9.17) is 16.6 Å². The molecule has 1 aliphatic rings. The minimum absolute atomic E-state index is 0.0370. The predicted molar refractivity (Wildman–Crippen MR) is 134 cm³/mol. The molecule has 1 fully saturated rings. The van der Waals surface area contributed by atoms with Crippen LogP contribution in [-0.4, -0.2) is 33.8 Å². The van der Waals surface area contributed by atoms with Gasteiger partial charge in [0.25, 0.3) is 0 Å². The fourth-order valence-electron chi connectivity index (χ4n) is 4.23. The number of amides is 1. The zero-order valence-corrected chi connectivity index (χ0v) is 20.3. The summed E-state index contributed by atoms with van der Waals surface area (Å²) < 4.78 is 2.95. The number of benzene rings is 2. The van der Waals surface area contributed by atoms with Gasteiger partial charge in [-0.2, -0.15) is 10.1 Å². The van der Waals surface area contributed by atoms with Crippen LogP contribution in [0.1, 0.15) is 29.7 Å². The number of halogens is 1. The van der Waals surface area contributed by atoms with Crippen molar-refractivity contribution >= 4 is 44.3 Å². The second-order valence-corrected chi connectivity index (χ2v) is 10.0. The van der Waals surface area contributed by atoms with Crippen molar-refractivity contribution < 1.29 is 4.79 Å². The Morgan fingerprint density at radius 2 is 1.91 bits per heavy atom. The number of hydrogen-bond donors (Lipinski definition) is 1. The SMILES string of the molecule is Cc1ccc(CNC(=O)C2CCCN(c3nc4c(s3)c(C)nn4-c3ccc(Cl)cc3)C2)cc1. The predicted octanol–water partition coefficient (Wildman–Crippen LogP) is 5.29. The lowest BCUT2D eigenvalue weighted by Crippen LogP contribution is -2.43. The second-order valence-electron chi connectivity index (χ2n) is 8.61. The van der Waals surface area contributed by atoms with E-state index in [0.717, 1.165) is 51.8 Å². The van der Waals surface area contributed by atoms with E-state index >= 15 is 0 Å². The van der Waals surface area contributed by atoms with Crippen molar-refractivity contribution in [2.45, 2.75) is 33.2 Å². The molecule has 33 heavy (non-hydrogen) atoms. The Hall–Kier alpha value is -2.90. The Bertz CT molecular complexity index is 1280. The van der Waals surface area contributed by atoms with Crippen LogP contribution in [0.15, 0.2) is 48.5 Å². The number of hydrogen-bond acceptors (Lipinski definition) is 5. The number of aryl methyl sites for hydroxylation is 2. The molecule has 2 aromatic carbocycles. The van der Waals surface area contributed by atoms with Crippen LogP contribution in [0, 0.1) is 19.8 Å². The molecule has 2 aromatic heterocycles. The second kappa shape index (κ2) is 9.15. The van der Waals surface area contributed by atoms with Gasteiger partial charge in [-0.15, -0.1) is 0 Å². The lowest BCUT2D eigenvalue weighted by Gasteiger charge is -2.31. The first-order chi connectivity index (χ1) is 16.0. The number of aromatic nitrogens is 3. The van der Waals surface area contributed by atoms with E-state index in [9.17, 15) is 4.79 Å². The van der Waals surface area contributed by atoms with Gasteiger partial charge in [0.2, 0.25) is 5.91 Å². The van der Waals surface area contributed by atoms with Crippen molar-refractivity contribution in [3.8, 4) is 5.69 Å². The summed E-state index contributed by atoms with van der Waals surface area (Å²) in [5.41, 5.74) is 5.07. The summed E-state index contributed by atoms with van der Waals surface area (Å²) in [6.07, 6.45) is 1.87. The average molecular weight is 480 g/mol. The van der Waals surface area contributed by atoms with Crippen molar-refractivity contribution in [2.75, 3.05) is 18.0 Å². The Morgan fingerprint density at radius 1 is 1.15 bits per heavy atom. The molecule has 0 saturated carbocycles. The monoisotopic (exact) mass is 479 g/mol. The van der Waals surface area contributed by atoms with Crippen LogP contribution in [0.2, 0.25) is 5.02 Å². The van der Waals surface area contributed by atoms with E-state index in [0.29, 0.717) is 18.1 Å². The molecule has 1 atom stereocenters. The van der Waals surface area contributed by atoms with Crippen LogP contribution in [0.25, 0.3) is 16.0 Å². The number of rotatable bonds is 5. The Kier molecular flexibility index (Phi) is 6.08. The maximum atomic E-state index is 12.9. The minimum atomic E-state index is -0.0370. The molecule has 0 spiro atoms. The van der Waals surface area contributed by atoms with Gasteiger partial charge < -0.3 is 10.2 Å². The number of carbonyl (C=O) groups is 1. The van der Waals surface area contributed by atoms with Gasteiger partial charge in [-0.25, -0.2) is 4.68 Å². The van der Waals surface area contributed by atoms with E-state index < -0.39 is 0 Å². The highest BCUT2D eigenvalue weighted by Gasteiger charge is 2.28. The summed E-state index contributed by atoms with van der Waals surface area (Å²) >= 11 is 7.70. The molecule has 1 unspecified atom stereocenters. The Labute approximate surface area is 202 Å². The van der Waals surface area contributed by atoms with Gasteiger partial charge in [-0.05, 0) is 56.5 Å². The van der Waals surface area contributed by atoms with Gasteiger partial charge in [0.1, 0.15) is 0 Å². The molecule has 1 N–H and O–H groups in total. The third-order valence-corrected chi connectivity index (χ3v) is 7.56. The first-order valence-corrected chi connectivity index (χ1v) is 12.4. The lowest BCUT2D eigenvalue weighted by atomic mass is 9.97. The molecule has 1 aliphatic heterocycles. The third-order valence-electron chi connectivity index (χ3n) is 6.10. The summed E-state index contributed by atoms with van der Waals surface area (Å²) in [6, 6.07) is 15.9. The topological polar surface area (TPSA) is 63.1 Å². The van der Waals surface area contributed by atoms with Crippen LogP contribution in [-0.2, 0) is 11.3 Å². The molecule has 0 aliphatic carbocycles. The molecule has 0 bridgehead atoms. The Morgan fingerprint density at radius 3 is 2.67 bits per heavy atom. The lowest BCUT2D eigenvalue weighted by molar-refractivity contribution is -0.125. The van der Waals surface area contributed by atoms with E-state index in [2.05, 4.69) is 46.5 Å². The molecule has 8 heteroatoms. The normalized spacial score (nSPS) is 16.3. The van der Waals surface area contributed by atoms with Crippen LogP contribution in [0.5, 0.6) is 0 Å². The van der Waals surface area contributed by atoms with Crippen molar-refractivity contribution in [1.29, 1.82) is 0 Å². The van der Waals surface area contributed by atoms with Gasteiger partial charge in [0, 0.05) is 24.7 Å². The first-order valence-electron chi connectivity index (χ1n) is 11.2. The number of fused-ring (bicyclic) bond motifs is 1. The van der Waals surface area contributed by atoms with Gasteiger partial charge in [0.15, 0.2) is 10.8 Å². The Balaban J connectivity index is 1.31. The van der Waals surface area contributed by atoms with Crippen molar-refractivity contribution in [3.63, 3.8) is 0 Å². The van der Waals surface area contributed by atoms with Crippen LogP contribution >= 0.6 is 22.9 Å². The molecule has 0 radical (unpaired) electrons. The fourth-order valence-corrected chi connectivity index (χ4v) is 5.37. The maximum Gasteiger partial charge on any atom is 0.225 e. The molecule has 1 saturated heterocycles. The largest absolute Gasteiger partial charge is 0.352 e. The molecular weight excluding hydrogens is 454 g/mol. The van der Waals surface area contributed by atoms with E-state index in [1.165, 1.54) is 5.56 Å². The van der Waals surface area contributed by atoms with Crippen molar-refractivity contribution in [2.24, 2.45) is 5.92 Å². The zero-order chi connectivity index (χ0) is 22.9. The van der Waals surface area contributed by atoms with E-state index in [1.54, 1.807) is 11.3 Å². The van der Waals surface area contributed by atoms with Crippen molar-refractivity contribution in [1.82, 2.24) is 20.1 Å². The number of nitrogens with one attached hydrogen (secondary N) is 1. The smallest absolute Gasteiger partial charge is 0.225 e. The molecular formula is C25H26ClN5OS. The van der Waals surface area contributed by atoms with Gasteiger partial charge in [0.05, 0.1) is 22.0 Å². The number of thiazole rings is 1. The summed E-state index contributed by atoms with van der Waals surface area (Å²) in [4.78, 5) is 20.1. The molecule has 6 nitrogen and oxygen atoms in total. The molecule has 4 aromatic rings. The highest BCUT2D eigenvalue weighted by Crippen LogP contribution is 2.34. The number of nitrogens with zero attached hydrogens (tertiary/aromatic N) is 4. The van der Waals surface area contributed by atoms with Crippen LogP contribution < -0.4 is 10.2 Å². The minimum Gasteiger partial charge on any atom is -0.352 e. The van der Waals surface area contributed by atoms with Crippen LogP contribution in [0.4, 0.5) is 5.13 Å². The number of anilines is 1. The first kappa shape index (κ1) is 21.9. The molecule has 170 valence electrons. The van der Waals surface area contributed by atoms with E-state index in [-0.39, 0.29) is 11.8 Å². The highest BCUT2D eigenvalue weighted by atomic mass is 35.5. The summed E-state index contributed by atoms with van der Waals surface area (Å²) in [6.45, 7) is 6.23. The van der Waals surface area contributed by atoms with Crippen molar-refractivity contribution in [3.05, 3.63) is 70.4 Å². The fraction of sp³-hybridized carbons (Fsp3) is 0.320. The highest BCUT2D eigenvalue weighted by molar-refractivity contribution is 7.22. The standard InChI is InChI=1S/C25H26ClN5OS/c1-16-5-7-18(8-6-16)14-27-24(32)19-4-3-13-30(15-19)25-28-23-22(33-25)17(2)29-31(23)21-11-9-20(26)10-12-21/h5-12,19H,3-4,13-15H2,1-2H3,(H,27,32). The van der Waals surface area contributed by atoms with Gasteiger partial charge in [-0.3, -0.25) is 4.79 Å². The quantitative estimate of drug-likeness (QED) is 0.422. The van der Waals surface area contributed by atoms with Gasteiger partial charge >= 0.3 is 0 Å². The molecule has 5 rings (SSSR count). The summed E-state index contributed by atoms with van der Waals surface area (Å²) in [7, 11) is 0. The van der Waals surface area contributed by atoms with Gasteiger partial charge in [-0.1, -0.05) is 52.8 Å². The maximum absolute atomic E-state index is 12.9. The third kappa shape index (κ3) is 4.61.